The van der Waals surface area contributed by atoms with Crippen LogP contribution in [0.25, 0.3) is 0 Å². The topological polar surface area (TPSA) is 45.7 Å². The molecule has 0 heterocycles. The number of hydrogen-bond donors (Lipinski definition) is 2. The Balaban J connectivity index is 1.86. The van der Waals surface area contributed by atoms with Gasteiger partial charge in [0, 0.05) is 39.4 Å². The largest absolute Gasteiger partial charge is 0.385 e. The Kier molecular flexibility index (Phi) is 7.62. The van der Waals surface area contributed by atoms with E-state index in [1.165, 1.54) is 31.4 Å². The van der Waals surface area contributed by atoms with Crippen LogP contribution < -0.4 is 10.6 Å². The summed E-state index contributed by atoms with van der Waals surface area (Å²) in [7, 11) is 1.73. The molecule has 1 aliphatic carbocycles. The van der Waals surface area contributed by atoms with Gasteiger partial charge in [0.25, 0.3) is 0 Å². The van der Waals surface area contributed by atoms with Crippen molar-refractivity contribution < 1.29 is 13.5 Å². The summed E-state index contributed by atoms with van der Waals surface area (Å²) in [4.78, 5) is 4.72. The maximum Gasteiger partial charge on any atom is 0.191 e. The molecule has 4 nitrogen and oxygen atoms in total. The molecule has 6 heteroatoms. The average Bonchev–Trinajstić information content (AvgIpc) is 2.52. The van der Waals surface area contributed by atoms with E-state index in [0.717, 1.165) is 38.1 Å². The van der Waals surface area contributed by atoms with Crippen molar-refractivity contribution in [3.63, 3.8) is 0 Å². The first-order valence-electron chi connectivity index (χ1n) is 9.03. The minimum Gasteiger partial charge on any atom is -0.385 e. The number of ether oxygens (including phenoxy) is 1. The van der Waals surface area contributed by atoms with Crippen molar-refractivity contribution >= 4 is 5.96 Å². The minimum atomic E-state index is -0.541. The number of methoxy groups -OCH3 is 1. The Morgan fingerprint density at radius 2 is 1.92 bits per heavy atom. The van der Waals surface area contributed by atoms with E-state index in [9.17, 15) is 8.78 Å². The summed E-state index contributed by atoms with van der Waals surface area (Å²) in [5.41, 5.74) is 0.903. The number of benzene rings is 1. The molecule has 0 saturated heterocycles. The van der Waals surface area contributed by atoms with Gasteiger partial charge in [-0.15, -0.1) is 0 Å². The van der Waals surface area contributed by atoms with Gasteiger partial charge in [-0.05, 0) is 55.7 Å². The third-order valence-corrected chi connectivity index (χ3v) is 4.80. The maximum absolute atomic E-state index is 13.2. The predicted octanol–water partition coefficient (Wildman–Crippen LogP) is 3.27. The quantitative estimate of drug-likeness (QED) is 0.529. The number of nitrogens with zero attached hydrogens (tertiary/aromatic N) is 1. The summed E-state index contributed by atoms with van der Waals surface area (Å²) >= 11 is 0. The molecule has 0 amide bonds. The smallest absolute Gasteiger partial charge is 0.191 e. The van der Waals surface area contributed by atoms with Crippen molar-refractivity contribution in [2.45, 2.75) is 39.0 Å². The van der Waals surface area contributed by atoms with Crippen LogP contribution in [0.5, 0.6) is 0 Å². The normalized spacial score (nSPS) is 16.4. The molecule has 1 aromatic carbocycles. The summed E-state index contributed by atoms with van der Waals surface area (Å²) in [6.07, 6.45) is 5.22. The Morgan fingerprint density at radius 1 is 1.20 bits per heavy atom. The van der Waals surface area contributed by atoms with Gasteiger partial charge in [0.15, 0.2) is 5.96 Å². The van der Waals surface area contributed by atoms with Gasteiger partial charge < -0.3 is 15.4 Å². The van der Waals surface area contributed by atoms with Gasteiger partial charge in [-0.2, -0.15) is 0 Å². The van der Waals surface area contributed by atoms with Crippen LogP contribution >= 0.6 is 0 Å². The van der Waals surface area contributed by atoms with Gasteiger partial charge in [-0.1, -0.05) is 6.42 Å². The van der Waals surface area contributed by atoms with Gasteiger partial charge in [0.05, 0.1) is 0 Å². The molecular weight excluding hydrogens is 324 g/mol. The summed E-state index contributed by atoms with van der Waals surface area (Å²) in [5.74, 6) is -0.329. The molecule has 25 heavy (non-hydrogen) atoms. The minimum absolute atomic E-state index is 0.268. The standard InChI is InChI=1S/C19H29F2N3O/c1-3-22-18(24-14-19(6-4-7-19)8-10-25-2)23-9-5-15-11-16(20)13-17(21)12-15/h11-13H,3-10,14H2,1-2H3,(H2,22,23,24). The van der Waals surface area contributed by atoms with E-state index in [4.69, 9.17) is 9.73 Å². The molecule has 1 saturated carbocycles. The second-order valence-corrected chi connectivity index (χ2v) is 6.75. The number of guanidine groups is 1. The van der Waals surface area contributed by atoms with Crippen molar-refractivity contribution in [1.29, 1.82) is 0 Å². The third kappa shape index (κ3) is 6.27. The molecule has 2 N–H and O–H groups in total. The number of halogens is 2. The van der Waals surface area contributed by atoms with E-state index in [-0.39, 0.29) is 5.41 Å². The van der Waals surface area contributed by atoms with Crippen molar-refractivity contribution in [2.75, 3.05) is 33.4 Å². The summed E-state index contributed by atoms with van der Waals surface area (Å²) in [6, 6.07) is 3.62. The molecule has 140 valence electrons. The first kappa shape index (κ1) is 19.6. The van der Waals surface area contributed by atoms with Crippen LogP contribution in [-0.4, -0.2) is 39.3 Å². The highest BCUT2D eigenvalue weighted by molar-refractivity contribution is 5.79. The lowest BCUT2D eigenvalue weighted by Crippen LogP contribution is -2.41. The van der Waals surface area contributed by atoms with E-state index in [0.29, 0.717) is 18.5 Å². The average molecular weight is 353 g/mol. The van der Waals surface area contributed by atoms with Gasteiger partial charge >= 0.3 is 0 Å². The Labute approximate surface area is 149 Å². The van der Waals surface area contributed by atoms with Crippen LogP contribution in [0.3, 0.4) is 0 Å². The molecule has 0 unspecified atom stereocenters. The fourth-order valence-electron chi connectivity index (χ4n) is 3.15. The van der Waals surface area contributed by atoms with Crippen molar-refractivity contribution in [2.24, 2.45) is 10.4 Å². The number of nitrogens with one attached hydrogen (secondary N) is 2. The zero-order chi connectivity index (χ0) is 18.1. The van der Waals surface area contributed by atoms with Crippen LogP contribution in [-0.2, 0) is 11.2 Å². The zero-order valence-electron chi connectivity index (χ0n) is 15.2. The van der Waals surface area contributed by atoms with E-state index in [1.54, 1.807) is 7.11 Å². The number of hydrogen-bond acceptors (Lipinski definition) is 2. The fraction of sp³-hybridized carbons (Fsp3) is 0.632. The monoisotopic (exact) mass is 353 g/mol. The second kappa shape index (κ2) is 9.70. The highest BCUT2D eigenvalue weighted by Crippen LogP contribution is 2.44. The lowest BCUT2D eigenvalue weighted by atomic mass is 9.67. The highest BCUT2D eigenvalue weighted by Gasteiger charge is 2.36. The van der Waals surface area contributed by atoms with E-state index < -0.39 is 11.6 Å². The zero-order valence-corrected chi connectivity index (χ0v) is 15.2. The highest BCUT2D eigenvalue weighted by atomic mass is 19.1. The summed E-state index contributed by atoms with van der Waals surface area (Å²) < 4.78 is 31.7. The summed E-state index contributed by atoms with van der Waals surface area (Å²) in [6.45, 7) is 4.90. The van der Waals surface area contributed by atoms with Crippen LogP contribution in [0.2, 0.25) is 0 Å². The molecular formula is C19H29F2N3O. The Bertz CT molecular complexity index is 554. The van der Waals surface area contributed by atoms with Crippen molar-refractivity contribution in [3.05, 3.63) is 35.4 Å². The molecule has 0 aliphatic heterocycles. The maximum atomic E-state index is 13.2. The van der Waals surface area contributed by atoms with Crippen LogP contribution in [0.1, 0.15) is 38.2 Å². The van der Waals surface area contributed by atoms with Crippen molar-refractivity contribution in [3.8, 4) is 0 Å². The van der Waals surface area contributed by atoms with E-state index in [2.05, 4.69) is 10.6 Å². The van der Waals surface area contributed by atoms with Crippen LogP contribution in [0.15, 0.2) is 23.2 Å². The fourth-order valence-corrected chi connectivity index (χ4v) is 3.15. The van der Waals surface area contributed by atoms with E-state index in [1.807, 2.05) is 6.92 Å². The molecule has 0 aromatic heterocycles. The first-order valence-corrected chi connectivity index (χ1v) is 9.03. The SMILES string of the molecule is CCNC(=NCC1(CCOC)CCC1)NCCc1cc(F)cc(F)c1. The van der Waals surface area contributed by atoms with Gasteiger partial charge in [0.1, 0.15) is 11.6 Å². The third-order valence-electron chi connectivity index (χ3n) is 4.80. The molecule has 0 spiro atoms. The molecule has 0 radical (unpaired) electrons. The Hall–Kier alpha value is -1.69. The van der Waals surface area contributed by atoms with Crippen molar-refractivity contribution in [1.82, 2.24) is 10.6 Å². The van der Waals surface area contributed by atoms with Gasteiger partial charge in [-0.25, -0.2) is 8.78 Å². The van der Waals surface area contributed by atoms with Crippen LogP contribution in [0.4, 0.5) is 8.78 Å². The van der Waals surface area contributed by atoms with Gasteiger partial charge in [-0.3, -0.25) is 4.99 Å². The first-order chi connectivity index (χ1) is 12.1. The van der Waals surface area contributed by atoms with Gasteiger partial charge in [0.2, 0.25) is 0 Å². The molecule has 1 aromatic rings. The molecule has 0 atom stereocenters. The van der Waals surface area contributed by atoms with Crippen LogP contribution in [0, 0.1) is 17.0 Å². The molecule has 2 rings (SSSR count). The lowest BCUT2D eigenvalue weighted by molar-refractivity contribution is 0.0778. The number of rotatable bonds is 9. The summed E-state index contributed by atoms with van der Waals surface area (Å²) in [5, 5.41) is 6.48. The molecule has 1 fully saturated rings. The number of aliphatic imine (C=N–C) groups is 1. The predicted molar refractivity (Wildman–Crippen MR) is 96.8 cm³/mol. The Morgan fingerprint density at radius 3 is 2.48 bits per heavy atom. The second-order valence-electron chi connectivity index (χ2n) is 6.75. The lowest BCUT2D eigenvalue weighted by Gasteiger charge is -2.40. The molecule has 0 bridgehead atoms. The molecule has 1 aliphatic rings. The van der Waals surface area contributed by atoms with E-state index >= 15 is 0 Å².